The number of methoxy groups -OCH3 is 1. The largest absolute Gasteiger partial charge is 0.475 e. The van der Waals surface area contributed by atoms with Gasteiger partial charge in [0.25, 0.3) is 0 Å². The molecule has 0 aliphatic rings. The molecule has 0 saturated heterocycles. The van der Waals surface area contributed by atoms with Gasteiger partial charge in [-0.15, -0.1) is 11.3 Å². The Morgan fingerprint density at radius 2 is 2.00 bits per heavy atom. The molecule has 0 saturated carbocycles. The average Bonchev–Trinajstić information content (AvgIpc) is 2.85. The van der Waals surface area contributed by atoms with E-state index in [2.05, 4.69) is 23.0 Å². The lowest BCUT2D eigenvalue weighted by atomic mass is 10.3. The second-order valence-corrected chi connectivity index (χ2v) is 5.49. The van der Waals surface area contributed by atoms with Gasteiger partial charge >= 0.3 is 0 Å². The fourth-order valence-electron chi connectivity index (χ4n) is 1.65. The Labute approximate surface area is 126 Å². The SMILES string of the molecule is CCc1cc2c(OCCOCCOC)nc(Cl)nc2s1. The topological polar surface area (TPSA) is 53.5 Å². The van der Waals surface area contributed by atoms with E-state index in [4.69, 9.17) is 25.8 Å². The molecular weight excluding hydrogens is 300 g/mol. The quantitative estimate of drug-likeness (QED) is 0.553. The first kappa shape index (κ1) is 15.4. The van der Waals surface area contributed by atoms with Crippen molar-refractivity contribution < 1.29 is 14.2 Å². The van der Waals surface area contributed by atoms with Crippen molar-refractivity contribution in [2.45, 2.75) is 13.3 Å². The number of aryl methyl sites for hydroxylation is 1. The fraction of sp³-hybridized carbons (Fsp3) is 0.538. The number of hydrogen-bond acceptors (Lipinski definition) is 6. The third-order valence-electron chi connectivity index (χ3n) is 2.63. The van der Waals surface area contributed by atoms with E-state index in [1.807, 2.05) is 0 Å². The molecule has 0 fully saturated rings. The molecule has 0 radical (unpaired) electrons. The zero-order chi connectivity index (χ0) is 14.4. The van der Waals surface area contributed by atoms with Gasteiger partial charge in [-0.1, -0.05) is 6.92 Å². The lowest BCUT2D eigenvalue weighted by Gasteiger charge is -2.07. The molecule has 0 N–H and O–H groups in total. The van der Waals surface area contributed by atoms with E-state index in [9.17, 15) is 0 Å². The molecule has 0 aliphatic carbocycles. The van der Waals surface area contributed by atoms with Crippen LogP contribution in [0.5, 0.6) is 5.88 Å². The van der Waals surface area contributed by atoms with Gasteiger partial charge in [-0.05, 0) is 24.1 Å². The van der Waals surface area contributed by atoms with Crippen LogP contribution in [-0.2, 0) is 15.9 Å². The van der Waals surface area contributed by atoms with Crippen molar-refractivity contribution in [1.82, 2.24) is 9.97 Å². The van der Waals surface area contributed by atoms with Gasteiger partial charge in [-0.2, -0.15) is 4.98 Å². The standard InChI is InChI=1S/C13H17ClN2O3S/c1-3-9-8-10-11(15-13(14)16-12(10)20-9)19-7-6-18-5-4-17-2/h8H,3-7H2,1-2H3. The normalized spacial score (nSPS) is 11.2. The summed E-state index contributed by atoms with van der Waals surface area (Å²) >= 11 is 7.53. The van der Waals surface area contributed by atoms with Crippen LogP contribution in [-0.4, -0.2) is 43.5 Å². The average molecular weight is 317 g/mol. The minimum atomic E-state index is 0.206. The van der Waals surface area contributed by atoms with Crippen LogP contribution in [0.3, 0.4) is 0 Å². The lowest BCUT2D eigenvalue weighted by molar-refractivity contribution is 0.0539. The summed E-state index contributed by atoms with van der Waals surface area (Å²) in [5.41, 5.74) is 0. The minimum Gasteiger partial charge on any atom is -0.475 e. The first-order valence-electron chi connectivity index (χ1n) is 6.40. The maximum atomic E-state index is 5.91. The number of halogens is 1. The Kier molecular flexibility index (Phi) is 5.97. The molecule has 5 nitrogen and oxygen atoms in total. The van der Waals surface area contributed by atoms with Gasteiger partial charge in [0.15, 0.2) is 0 Å². The van der Waals surface area contributed by atoms with Crippen LogP contribution in [0.1, 0.15) is 11.8 Å². The van der Waals surface area contributed by atoms with Crippen molar-refractivity contribution in [3.63, 3.8) is 0 Å². The number of fused-ring (bicyclic) bond motifs is 1. The van der Waals surface area contributed by atoms with Gasteiger partial charge in [0, 0.05) is 12.0 Å². The predicted octanol–water partition coefficient (Wildman–Crippen LogP) is 2.95. The molecule has 0 unspecified atom stereocenters. The molecule has 0 spiro atoms. The van der Waals surface area contributed by atoms with Crippen molar-refractivity contribution in [1.29, 1.82) is 0 Å². The Hall–Kier alpha value is -0.950. The minimum absolute atomic E-state index is 0.206. The highest BCUT2D eigenvalue weighted by Gasteiger charge is 2.11. The van der Waals surface area contributed by atoms with E-state index < -0.39 is 0 Å². The Morgan fingerprint density at radius 1 is 1.20 bits per heavy atom. The summed E-state index contributed by atoms with van der Waals surface area (Å²) in [4.78, 5) is 10.5. The third kappa shape index (κ3) is 4.02. The molecule has 110 valence electrons. The number of rotatable bonds is 8. The Morgan fingerprint density at radius 3 is 2.75 bits per heavy atom. The Bertz CT molecular complexity index is 562. The Balaban J connectivity index is 1.99. The van der Waals surface area contributed by atoms with Gasteiger partial charge in [0.05, 0.1) is 25.2 Å². The number of thiophene rings is 1. The summed E-state index contributed by atoms with van der Waals surface area (Å²) in [5.74, 6) is 0.520. The molecule has 2 aromatic rings. The molecule has 2 rings (SSSR count). The zero-order valence-electron chi connectivity index (χ0n) is 11.5. The van der Waals surface area contributed by atoms with E-state index >= 15 is 0 Å². The van der Waals surface area contributed by atoms with Gasteiger partial charge in [0.1, 0.15) is 11.4 Å². The maximum Gasteiger partial charge on any atom is 0.227 e. The third-order valence-corrected chi connectivity index (χ3v) is 3.97. The number of nitrogens with zero attached hydrogens (tertiary/aromatic N) is 2. The lowest BCUT2D eigenvalue weighted by Crippen LogP contribution is -2.10. The van der Waals surface area contributed by atoms with Crippen LogP contribution in [0.15, 0.2) is 6.07 Å². The van der Waals surface area contributed by atoms with Gasteiger partial charge in [0.2, 0.25) is 11.2 Å². The summed E-state index contributed by atoms with van der Waals surface area (Å²) in [6, 6.07) is 2.05. The molecule has 0 aliphatic heterocycles. The van der Waals surface area contributed by atoms with Crippen molar-refractivity contribution in [3.05, 3.63) is 16.2 Å². The second kappa shape index (κ2) is 7.73. The van der Waals surface area contributed by atoms with E-state index in [0.29, 0.717) is 32.3 Å². The molecule has 0 aromatic carbocycles. The van der Waals surface area contributed by atoms with Crippen LogP contribution in [0.2, 0.25) is 5.28 Å². The fourth-order valence-corrected chi connectivity index (χ4v) is 2.82. The van der Waals surface area contributed by atoms with E-state index in [-0.39, 0.29) is 5.28 Å². The highest BCUT2D eigenvalue weighted by molar-refractivity contribution is 7.18. The zero-order valence-corrected chi connectivity index (χ0v) is 13.1. The summed E-state index contributed by atoms with van der Waals surface area (Å²) in [6.07, 6.45) is 0.957. The monoisotopic (exact) mass is 316 g/mol. The maximum absolute atomic E-state index is 5.91. The molecule has 2 aromatic heterocycles. The van der Waals surface area contributed by atoms with Crippen molar-refractivity contribution in [2.75, 3.05) is 33.5 Å². The summed E-state index contributed by atoms with van der Waals surface area (Å²) in [6.45, 7) is 4.14. The summed E-state index contributed by atoms with van der Waals surface area (Å²) in [5, 5.41) is 1.12. The molecule has 20 heavy (non-hydrogen) atoms. The number of hydrogen-bond donors (Lipinski definition) is 0. The van der Waals surface area contributed by atoms with Crippen molar-refractivity contribution in [2.24, 2.45) is 0 Å². The number of aromatic nitrogens is 2. The van der Waals surface area contributed by atoms with E-state index in [0.717, 1.165) is 16.6 Å². The van der Waals surface area contributed by atoms with Crippen molar-refractivity contribution in [3.8, 4) is 5.88 Å². The van der Waals surface area contributed by atoms with E-state index in [1.165, 1.54) is 4.88 Å². The first-order chi connectivity index (χ1) is 9.74. The highest BCUT2D eigenvalue weighted by atomic mass is 35.5. The van der Waals surface area contributed by atoms with Crippen molar-refractivity contribution >= 4 is 33.2 Å². The van der Waals surface area contributed by atoms with Crippen LogP contribution < -0.4 is 4.74 Å². The second-order valence-electron chi connectivity index (χ2n) is 4.04. The molecule has 0 amide bonds. The predicted molar refractivity (Wildman–Crippen MR) is 80.0 cm³/mol. The summed E-state index contributed by atoms with van der Waals surface area (Å²) < 4.78 is 15.9. The molecule has 7 heteroatoms. The highest BCUT2D eigenvalue weighted by Crippen LogP contribution is 2.31. The van der Waals surface area contributed by atoms with Gasteiger partial charge in [-0.25, -0.2) is 4.98 Å². The molecule has 0 bridgehead atoms. The van der Waals surface area contributed by atoms with Crippen LogP contribution in [0.4, 0.5) is 0 Å². The number of ether oxygens (including phenoxy) is 3. The van der Waals surface area contributed by atoms with Gasteiger partial charge in [-0.3, -0.25) is 0 Å². The first-order valence-corrected chi connectivity index (χ1v) is 7.59. The smallest absolute Gasteiger partial charge is 0.227 e. The summed E-state index contributed by atoms with van der Waals surface area (Å²) in [7, 11) is 1.64. The van der Waals surface area contributed by atoms with E-state index in [1.54, 1.807) is 18.4 Å². The molecule has 0 atom stereocenters. The molecular formula is C13H17ClN2O3S. The van der Waals surface area contributed by atoms with Crippen LogP contribution >= 0.6 is 22.9 Å². The van der Waals surface area contributed by atoms with Crippen LogP contribution in [0, 0.1) is 0 Å². The molecule has 2 heterocycles. The van der Waals surface area contributed by atoms with Gasteiger partial charge < -0.3 is 14.2 Å². The van der Waals surface area contributed by atoms with Crippen LogP contribution in [0.25, 0.3) is 10.2 Å².